The van der Waals surface area contributed by atoms with Gasteiger partial charge < -0.3 is 20.1 Å². The summed E-state index contributed by atoms with van der Waals surface area (Å²) in [6.07, 6.45) is 1.55. The molecule has 0 atom stereocenters. The third-order valence-corrected chi connectivity index (χ3v) is 3.82. The van der Waals surface area contributed by atoms with Gasteiger partial charge in [-0.2, -0.15) is 0 Å². The monoisotopic (exact) mass is 364 g/mol. The van der Waals surface area contributed by atoms with Crippen LogP contribution in [0.3, 0.4) is 0 Å². The van der Waals surface area contributed by atoms with E-state index in [1.807, 2.05) is 48.5 Å². The normalized spacial score (nSPS) is 10.1. The van der Waals surface area contributed by atoms with E-state index in [0.29, 0.717) is 29.7 Å². The maximum Gasteiger partial charge on any atom is 0.274 e. The van der Waals surface area contributed by atoms with Gasteiger partial charge in [0.05, 0.1) is 14.2 Å². The van der Waals surface area contributed by atoms with Gasteiger partial charge >= 0.3 is 0 Å². The highest BCUT2D eigenvalue weighted by molar-refractivity contribution is 6.02. The molecule has 0 spiro atoms. The molecule has 7 nitrogen and oxygen atoms in total. The van der Waals surface area contributed by atoms with Gasteiger partial charge in [0.1, 0.15) is 5.69 Å². The minimum Gasteiger partial charge on any atom is -0.493 e. The molecule has 0 aliphatic carbocycles. The van der Waals surface area contributed by atoms with E-state index in [2.05, 4.69) is 20.6 Å². The number of nitrogens with zero attached hydrogens (tertiary/aromatic N) is 2. The maximum atomic E-state index is 12.3. The van der Waals surface area contributed by atoms with Crippen LogP contribution in [-0.2, 0) is 6.54 Å². The molecule has 0 aliphatic rings. The number of methoxy groups -OCH3 is 2. The zero-order chi connectivity index (χ0) is 19.1. The van der Waals surface area contributed by atoms with Gasteiger partial charge in [-0.1, -0.05) is 24.3 Å². The molecular weight excluding hydrogens is 344 g/mol. The van der Waals surface area contributed by atoms with Crippen LogP contribution < -0.4 is 20.1 Å². The van der Waals surface area contributed by atoms with Crippen LogP contribution >= 0.6 is 0 Å². The van der Waals surface area contributed by atoms with Crippen molar-refractivity contribution in [2.75, 3.05) is 24.9 Å². The van der Waals surface area contributed by atoms with E-state index in [9.17, 15) is 4.79 Å². The van der Waals surface area contributed by atoms with Crippen LogP contribution in [0.15, 0.2) is 60.8 Å². The van der Waals surface area contributed by atoms with E-state index in [4.69, 9.17) is 9.47 Å². The number of amides is 1. The predicted octanol–water partition coefficient (Wildman–Crippen LogP) is 3.36. The quantitative estimate of drug-likeness (QED) is 0.669. The Kier molecular flexibility index (Phi) is 5.84. The van der Waals surface area contributed by atoms with Crippen molar-refractivity contribution in [2.24, 2.45) is 0 Å². The molecule has 1 amide bonds. The van der Waals surface area contributed by atoms with E-state index in [-0.39, 0.29) is 11.6 Å². The van der Waals surface area contributed by atoms with Gasteiger partial charge in [0.25, 0.3) is 5.91 Å². The predicted molar refractivity (Wildman–Crippen MR) is 103 cm³/mol. The lowest BCUT2D eigenvalue weighted by atomic mass is 10.2. The van der Waals surface area contributed by atoms with Crippen molar-refractivity contribution in [3.63, 3.8) is 0 Å². The number of carbonyl (C=O) groups is 1. The number of para-hydroxylation sites is 1. The Morgan fingerprint density at radius 1 is 1.00 bits per heavy atom. The molecule has 1 aromatic heterocycles. The second kappa shape index (κ2) is 8.66. The summed E-state index contributed by atoms with van der Waals surface area (Å²) in [5.74, 6) is 1.38. The van der Waals surface area contributed by atoms with Crippen LogP contribution in [0, 0.1) is 0 Å². The summed E-state index contributed by atoms with van der Waals surface area (Å²) >= 11 is 0. The topological polar surface area (TPSA) is 85.4 Å². The standard InChI is InChI=1S/C20H20N4O3/c1-26-17-9-8-14(12-18(17)27-2)13-22-20-21-11-10-16(24-20)19(25)23-15-6-4-3-5-7-15/h3-12H,13H2,1-2H3,(H,23,25)(H,21,22,24). The largest absolute Gasteiger partial charge is 0.493 e. The second-order valence-electron chi connectivity index (χ2n) is 5.63. The highest BCUT2D eigenvalue weighted by Gasteiger charge is 2.10. The lowest BCUT2D eigenvalue weighted by Crippen LogP contribution is -2.15. The molecule has 0 radical (unpaired) electrons. The number of aromatic nitrogens is 2. The minimum atomic E-state index is -0.294. The molecule has 3 aromatic rings. The SMILES string of the molecule is COc1ccc(CNc2nccc(C(=O)Nc3ccccc3)n2)cc1OC. The van der Waals surface area contributed by atoms with E-state index in [1.165, 1.54) is 0 Å². The van der Waals surface area contributed by atoms with Gasteiger partial charge in [0.2, 0.25) is 5.95 Å². The molecule has 1 heterocycles. The number of anilines is 2. The number of benzene rings is 2. The first-order valence-electron chi connectivity index (χ1n) is 8.34. The fourth-order valence-electron chi connectivity index (χ4n) is 2.46. The Morgan fingerprint density at radius 3 is 2.52 bits per heavy atom. The summed E-state index contributed by atoms with van der Waals surface area (Å²) in [4.78, 5) is 20.8. The molecule has 2 N–H and O–H groups in total. The van der Waals surface area contributed by atoms with Crippen LogP contribution in [-0.4, -0.2) is 30.1 Å². The van der Waals surface area contributed by atoms with E-state index in [0.717, 1.165) is 5.56 Å². The van der Waals surface area contributed by atoms with Gasteiger partial charge in [0.15, 0.2) is 11.5 Å². The van der Waals surface area contributed by atoms with Gasteiger partial charge in [-0.05, 0) is 35.9 Å². The molecule has 0 saturated heterocycles. The molecule has 0 unspecified atom stereocenters. The van der Waals surface area contributed by atoms with Crippen LogP contribution in [0.1, 0.15) is 16.1 Å². The van der Waals surface area contributed by atoms with Crippen molar-refractivity contribution in [1.29, 1.82) is 0 Å². The van der Waals surface area contributed by atoms with Crippen molar-refractivity contribution >= 4 is 17.5 Å². The molecule has 0 fully saturated rings. The number of ether oxygens (including phenoxy) is 2. The Labute approximate surface area is 157 Å². The summed E-state index contributed by atoms with van der Waals surface area (Å²) in [5, 5.41) is 5.91. The van der Waals surface area contributed by atoms with Crippen LogP contribution in [0.4, 0.5) is 11.6 Å². The molecule has 138 valence electrons. The fraction of sp³-hybridized carbons (Fsp3) is 0.150. The van der Waals surface area contributed by atoms with E-state index in [1.54, 1.807) is 26.5 Å². The van der Waals surface area contributed by atoms with E-state index >= 15 is 0 Å². The fourth-order valence-corrected chi connectivity index (χ4v) is 2.46. The number of hydrogen-bond acceptors (Lipinski definition) is 6. The van der Waals surface area contributed by atoms with Crippen LogP contribution in [0.5, 0.6) is 11.5 Å². The van der Waals surface area contributed by atoms with Crippen molar-refractivity contribution in [2.45, 2.75) is 6.54 Å². The zero-order valence-corrected chi connectivity index (χ0v) is 15.1. The second-order valence-corrected chi connectivity index (χ2v) is 5.63. The number of nitrogens with one attached hydrogen (secondary N) is 2. The average Bonchev–Trinajstić information content (AvgIpc) is 2.73. The highest BCUT2D eigenvalue weighted by Crippen LogP contribution is 2.27. The summed E-state index contributed by atoms with van der Waals surface area (Å²) < 4.78 is 10.5. The van der Waals surface area contributed by atoms with Crippen molar-refractivity contribution < 1.29 is 14.3 Å². The third-order valence-electron chi connectivity index (χ3n) is 3.82. The Balaban J connectivity index is 1.66. The summed E-state index contributed by atoms with van der Waals surface area (Å²) in [5.41, 5.74) is 1.96. The van der Waals surface area contributed by atoms with Gasteiger partial charge in [0, 0.05) is 18.4 Å². The molecule has 0 aliphatic heterocycles. The Bertz CT molecular complexity index is 916. The Morgan fingerprint density at radius 2 is 1.78 bits per heavy atom. The maximum absolute atomic E-state index is 12.3. The molecule has 2 aromatic carbocycles. The summed E-state index contributed by atoms with van der Waals surface area (Å²) in [6, 6.07) is 16.4. The first-order chi connectivity index (χ1) is 13.2. The molecule has 7 heteroatoms. The lowest BCUT2D eigenvalue weighted by molar-refractivity contribution is 0.102. The van der Waals surface area contributed by atoms with E-state index < -0.39 is 0 Å². The first kappa shape index (κ1) is 18.2. The molecule has 27 heavy (non-hydrogen) atoms. The number of rotatable bonds is 7. The smallest absolute Gasteiger partial charge is 0.274 e. The van der Waals surface area contributed by atoms with Crippen molar-refractivity contribution in [3.05, 3.63) is 72.1 Å². The minimum absolute atomic E-state index is 0.281. The molecular formula is C20H20N4O3. The van der Waals surface area contributed by atoms with Gasteiger partial charge in [-0.3, -0.25) is 4.79 Å². The summed E-state index contributed by atoms with van der Waals surface area (Å²) in [6.45, 7) is 0.476. The zero-order valence-electron chi connectivity index (χ0n) is 15.1. The van der Waals surface area contributed by atoms with Crippen LogP contribution in [0.2, 0.25) is 0 Å². The van der Waals surface area contributed by atoms with Gasteiger partial charge in [-0.25, -0.2) is 9.97 Å². The third kappa shape index (κ3) is 4.72. The molecule has 0 saturated carbocycles. The molecule has 0 bridgehead atoms. The summed E-state index contributed by atoms with van der Waals surface area (Å²) in [7, 11) is 3.18. The first-order valence-corrected chi connectivity index (χ1v) is 8.34. The van der Waals surface area contributed by atoms with Crippen molar-refractivity contribution in [3.8, 4) is 11.5 Å². The van der Waals surface area contributed by atoms with Crippen LogP contribution in [0.25, 0.3) is 0 Å². The number of hydrogen-bond donors (Lipinski definition) is 2. The number of carbonyl (C=O) groups excluding carboxylic acids is 1. The Hall–Kier alpha value is -3.61. The molecule has 3 rings (SSSR count). The highest BCUT2D eigenvalue weighted by atomic mass is 16.5. The lowest BCUT2D eigenvalue weighted by Gasteiger charge is -2.10. The average molecular weight is 364 g/mol. The van der Waals surface area contributed by atoms with Gasteiger partial charge in [-0.15, -0.1) is 0 Å². The van der Waals surface area contributed by atoms with Crippen molar-refractivity contribution in [1.82, 2.24) is 9.97 Å².